The lowest BCUT2D eigenvalue weighted by Gasteiger charge is -2.19. The maximum Gasteiger partial charge on any atom is 0.220 e. The van der Waals surface area contributed by atoms with Gasteiger partial charge in [0.05, 0.1) is 18.8 Å². The summed E-state index contributed by atoms with van der Waals surface area (Å²) in [6.07, 6.45) is 78.9. The van der Waals surface area contributed by atoms with Crippen molar-refractivity contribution in [2.45, 2.75) is 276 Å². The van der Waals surface area contributed by atoms with E-state index >= 15 is 0 Å². The van der Waals surface area contributed by atoms with E-state index in [1.165, 1.54) is 173 Å². The number of rotatable bonds is 49. The molecule has 0 aliphatic rings. The molecule has 0 saturated heterocycles. The summed E-state index contributed by atoms with van der Waals surface area (Å²) in [7, 11) is 0. The van der Waals surface area contributed by atoms with Gasteiger partial charge in [0, 0.05) is 6.42 Å². The molecule has 0 bridgehead atoms. The van der Waals surface area contributed by atoms with Crippen LogP contribution < -0.4 is 5.32 Å². The Balaban J connectivity index is 3.57. The molecule has 4 heteroatoms. The van der Waals surface area contributed by atoms with Gasteiger partial charge in [-0.05, 0) is 70.6 Å². The molecule has 0 fully saturated rings. The van der Waals surface area contributed by atoms with Crippen LogP contribution in [-0.2, 0) is 4.79 Å². The Morgan fingerprint density at radius 1 is 0.397 bits per heavy atom. The first-order chi connectivity index (χ1) is 31.2. The highest BCUT2D eigenvalue weighted by atomic mass is 16.3. The Morgan fingerprint density at radius 3 is 1.05 bits per heavy atom. The van der Waals surface area contributed by atoms with Gasteiger partial charge in [0.15, 0.2) is 0 Å². The number of carbonyl (C=O) groups is 1. The lowest BCUT2D eigenvalue weighted by Crippen LogP contribution is -2.45. The molecule has 4 nitrogen and oxygen atoms in total. The number of hydrogen-bond acceptors (Lipinski definition) is 3. The molecule has 2 atom stereocenters. The number of allylic oxidation sites excluding steroid dienone is 13. The van der Waals surface area contributed by atoms with E-state index in [9.17, 15) is 15.0 Å². The largest absolute Gasteiger partial charge is 0.394 e. The minimum absolute atomic E-state index is 0.106. The third kappa shape index (κ3) is 50.4. The monoisotopic (exact) mass is 876 g/mol. The van der Waals surface area contributed by atoms with Gasteiger partial charge >= 0.3 is 0 Å². The van der Waals surface area contributed by atoms with Crippen LogP contribution in [0.1, 0.15) is 264 Å². The molecule has 0 aromatic heterocycles. The van der Waals surface area contributed by atoms with Gasteiger partial charge in [0.2, 0.25) is 5.91 Å². The van der Waals surface area contributed by atoms with Gasteiger partial charge in [-0.15, -0.1) is 0 Å². The molecule has 0 rings (SSSR count). The number of aliphatic hydroxyl groups excluding tert-OH is 2. The minimum atomic E-state index is -0.864. The first-order valence-electron chi connectivity index (χ1n) is 27.3. The van der Waals surface area contributed by atoms with Gasteiger partial charge in [-0.3, -0.25) is 4.79 Å². The van der Waals surface area contributed by atoms with Crippen molar-refractivity contribution in [3.63, 3.8) is 0 Å². The van der Waals surface area contributed by atoms with Crippen molar-refractivity contribution in [2.75, 3.05) is 6.61 Å². The molecule has 364 valence electrons. The zero-order valence-corrected chi connectivity index (χ0v) is 41.8. The van der Waals surface area contributed by atoms with Crippen LogP contribution in [0.25, 0.3) is 0 Å². The molecule has 0 saturated carbocycles. The second-order valence-electron chi connectivity index (χ2n) is 18.3. The molecule has 0 heterocycles. The van der Waals surface area contributed by atoms with Gasteiger partial charge in [-0.2, -0.15) is 0 Å². The van der Waals surface area contributed by atoms with Crippen LogP contribution in [0.15, 0.2) is 85.1 Å². The van der Waals surface area contributed by atoms with Crippen molar-refractivity contribution in [3.05, 3.63) is 85.1 Å². The summed E-state index contributed by atoms with van der Waals surface area (Å²) < 4.78 is 0. The van der Waals surface area contributed by atoms with Crippen molar-refractivity contribution in [3.8, 4) is 0 Å². The number of nitrogens with one attached hydrogen (secondary N) is 1. The van der Waals surface area contributed by atoms with Crippen LogP contribution in [0.4, 0.5) is 0 Å². The average Bonchev–Trinajstić information content (AvgIpc) is 3.29. The zero-order valence-electron chi connectivity index (χ0n) is 41.8. The van der Waals surface area contributed by atoms with Gasteiger partial charge in [0.25, 0.3) is 0 Å². The van der Waals surface area contributed by atoms with Crippen LogP contribution in [0.5, 0.6) is 0 Å². The van der Waals surface area contributed by atoms with E-state index in [0.717, 1.165) is 70.6 Å². The summed E-state index contributed by atoms with van der Waals surface area (Å²) in [5.74, 6) is -0.106. The molecule has 1 amide bonds. The van der Waals surface area contributed by atoms with Crippen LogP contribution in [0.2, 0.25) is 0 Å². The maximum atomic E-state index is 12.4. The van der Waals surface area contributed by atoms with Gasteiger partial charge in [-0.1, -0.05) is 272 Å². The predicted molar refractivity (Wildman–Crippen MR) is 280 cm³/mol. The molecule has 0 aromatic rings. The Kier molecular flexibility index (Phi) is 51.8. The summed E-state index contributed by atoms with van der Waals surface area (Å²) in [4.78, 5) is 12.4. The second kappa shape index (κ2) is 53.9. The summed E-state index contributed by atoms with van der Waals surface area (Å²) in [5, 5.41) is 23.1. The summed E-state index contributed by atoms with van der Waals surface area (Å²) in [6.45, 7) is 4.19. The van der Waals surface area contributed by atoms with Crippen LogP contribution in [0, 0.1) is 0 Å². The summed E-state index contributed by atoms with van der Waals surface area (Å²) in [6, 6.07) is -0.652. The lowest BCUT2D eigenvalue weighted by molar-refractivity contribution is -0.123. The first-order valence-corrected chi connectivity index (χ1v) is 27.3. The highest BCUT2D eigenvalue weighted by Gasteiger charge is 2.17. The Labute approximate surface area is 392 Å². The second-order valence-corrected chi connectivity index (χ2v) is 18.3. The SMILES string of the molecule is CC/C=C\C/C=C\C/C=C\C/C=C\C/C=C\C/C=C\CCCCC(=O)NC(CO)C(O)/C=C/CCCCCCCCCCCCCCCCCCCCCCCCCCCCCC. The van der Waals surface area contributed by atoms with E-state index < -0.39 is 12.1 Å². The van der Waals surface area contributed by atoms with Crippen LogP contribution >= 0.6 is 0 Å². The van der Waals surface area contributed by atoms with Gasteiger partial charge in [0.1, 0.15) is 0 Å². The number of amides is 1. The lowest BCUT2D eigenvalue weighted by atomic mass is 10.0. The number of aliphatic hydroxyl groups is 2. The number of hydrogen-bond donors (Lipinski definition) is 3. The fourth-order valence-electron chi connectivity index (χ4n) is 8.01. The Hall–Kier alpha value is -2.43. The predicted octanol–water partition coefficient (Wildman–Crippen LogP) is 18.0. The third-order valence-corrected chi connectivity index (χ3v) is 12.1. The topological polar surface area (TPSA) is 69.6 Å². The quantitative estimate of drug-likeness (QED) is 0.0421. The molecule has 63 heavy (non-hydrogen) atoms. The molecule has 0 spiro atoms. The van der Waals surface area contributed by atoms with E-state index in [4.69, 9.17) is 0 Å². The van der Waals surface area contributed by atoms with Crippen molar-refractivity contribution in [2.24, 2.45) is 0 Å². The van der Waals surface area contributed by atoms with E-state index in [2.05, 4.69) is 92.1 Å². The van der Waals surface area contributed by atoms with Gasteiger partial charge in [-0.25, -0.2) is 0 Å². The molecule has 0 aromatic carbocycles. The maximum absolute atomic E-state index is 12.4. The average molecular weight is 876 g/mol. The van der Waals surface area contributed by atoms with Crippen molar-refractivity contribution in [1.82, 2.24) is 5.32 Å². The van der Waals surface area contributed by atoms with Crippen LogP contribution in [-0.4, -0.2) is 34.9 Å². The highest BCUT2D eigenvalue weighted by Crippen LogP contribution is 2.17. The molecule has 2 unspecified atom stereocenters. The molecule has 0 aliphatic carbocycles. The normalized spacial score (nSPS) is 13.5. The Bertz CT molecular complexity index is 1130. The fourth-order valence-corrected chi connectivity index (χ4v) is 8.01. The van der Waals surface area contributed by atoms with Crippen LogP contribution in [0.3, 0.4) is 0 Å². The fraction of sp³-hybridized carbons (Fsp3) is 0.746. The number of unbranched alkanes of at least 4 members (excludes halogenated alkanes) is 30. The minimum Gasteiger partial charge on any atom is -0.394 e. The zero-order chi connectivity index (χ0) is 45.6. The van der Waals surface area contributed by atoms with Crippen molar-refractivity contribution >= 4 is 5.91 Å². The van der Waals surface area contributed by atoms with Crippen molar-refractivity contribution in [1.29, 1.82) is 0 Å². The number of carbonyl (C=O) groups excluding carboxylic acids is 1. The van der Waals surface area contributed by atoms with Crippen molar-refractivity contribution < 1.29 is 15.0 Å². The van der Waals surface area contributed by atoms with E-state index in [1.807, 2.05) is 6.08 Å². The van der Waals surface area contributed by atoms with E-state index in [0.29, 0.717) is 6.42 Å². The molecular weight excluding hydrogens is 771 g/mol. The van der Waals surface area contributed by atoms with E-state index in [1.54, 1.807) is 6.08 Å². The molecule has 3 N–H and O–H groups in total. The first kappa shape index (κ1) is 60.6. The summed E-state index contributed by atoms with van der Waals surface area (Å²) in [5.41, 5.74) is 0. The molecule has 0 radical (unpaired) electrons. The smallest absolute Gasteiger partial charge is 0.220 e. The summed E-state index contributed by atoms with van der Waals surface area (Å²) >= 11 is 0. The van der Waals surface area contributed by atoms with Gasteiger partial charge < -0.3 is 15.5 Å². The highest BCUT2D eigenvalue weighted by molar-refractivity contribution is 5.76. The Morgan fingerprint density at radius 2 is 0.698 bits per heavy atom. The molecular formula is C59H105NO3. The standard InChI is InChI=1S/C59H105NO3/c1-3-5-7-9-11-13-15-17-19-21-23-25-26-27-28-29-30-31-32-33-35-36-38-40-42-44-46-48-50-52-54-58(62)57(56-61)60-59(63)55-53-51-49-47-45-43-41-39-37-34-24-22-20-18-16-14-12-10-8-6-4-2/h6,8,12,14,18,20,24,34,39,41,45,47,52,54,57-58,61-62H,3-5,7,9-11,13,15-17,19,21-23,25-33,35-38,40,42-44,46,48-51,53,55-56H2,1-2H3,(H,60,63)/b8-6-,14-12-,20-18-,34-24-,41-39-,47-45-,54-52+. The third-order valence-electron chi connectivity index (χ3n) is 12.1. The van der Waals surface area contributed by atoms with E-state index in [-0.39, 0.29) is 12.5 Å². The molecule has 0 aliphatic heterocycles.